The number of ether oxygens (including phenoxy) is 1. The lowest BCUT2D eigenvalue weighted by Crippen LogP contribution is -2.73. The molecule has 1 N–H and O–H groups in total. The van der Waals surface area contributed by atoms with Crippen molar-refractivity contribution in [2.75, 3.05) is 33.3 Å². The van der Waals surface area contributed by atoms with E-state index >= 15 is 0 Å². The molecule has 2 aliphatic rings. The summed E-state index contributed by atoms with van der Waals surface area (Å²) in [4.78, 5) is 43.9. The topological polar surface area (TPSA) is 85.4 Å². The molecule has 0 bridgehead atoms. The summed E-state index contributed by atoms with van der Waals surface area (Å²) in [6, 6.07) is 27.6. The maximum atomic E-state index is 13.8. The zero-order valence-corrected chi connectivity index (χ0v) is 22.0. The van der Waals surface area contributed by atoms with E-state index in [0.717, 1.165) is 11.1 Å². The van der Waals surface area contributed by atoms with Gasteiger partial charge >= 0.3 is 6.03 Å². The highest BCUT2D eigenvalue weighted by Crippen LogP contribution is 2.34. The Balaban J connectivity index is 1.36. The van der Waals surface area contributed by atoms with Gasteiger partial charge in [-0.25, -0.2) is 14.8 Å². The number of benzene rings is 3. The Kier molecular flexibility index (Phi) is 8.19. The number of rotatable bonds is 8. The number of nitrogens with one attached hydrogen (secondary N) is 1. The fourth-order valence-electron chi connectivity index (χ4n) is 5.15. The van der Waals surface area contributed by atoms with E-state index in [0.29, 0.717) is 31.9 Å². The Morgan fingerprint density at radius 2 is 1.51 bits per heavy atom. The van der Waals surface area contributed by atoms with Crippen molar-refractivity contribution in [1.29, 1.82) is 0 Å². The maximum Gasteiger partial charge on any atom is 0.334 e. The van der Waals surface area contributed by atoms with Gasteiger partial charge in [0.2, 0.25) is 11.8 Å². The van der Waals surface area contributed by atoms with Crippen molar-refractivity contribution < 1.29 is 19.1 Å². The first-order chi connectivity index (χ1) is 19.0. The molecule has 2 fully saturated rings. The molecule has 4 amide bonds. The zero-order valence-electron chi connectivity index (χ0n) is 22.0. The second-order valence-corrected chi connectivity index (χ2v) is 9.72. The van der Waals surface area contributed by atoms with Crippen molar-refractivity contribution in [3.8, 4) is 0 Å². The van der Waals surface area contributed by atoms with Gasteiger partial charge < -0.3 is 19.9 Å². The number of hydrogen-bond acceptors (Lipinski definition) is 5. The van der Waals surface area contributed by atoms with Gasteiger partial charge in [0.05, 0.1) is 26.3 Å². The minimum absolute atomic E-state index is 0.00788. The zero-order chi connectivity index (χ0) is 27.2. The average molecular weight is 528 g/mol. The van der Waals surface area contributed by atoms with E-state index in [1.54, 1.807) is 26.9 Å². The summed E-state index contributed by atoms with van der Waals surface area (Å²) >= 11 is 0. The first-order valence-corrected chi connectivity index (χ1v) is 13.1. The highest BCUT2D eigenvalue weighted by atomic mass is 16.5. The number of amides is 4. The van der Waals surface area contributed by atoms with Crippen LogP contribution in [0.15, 0.2) is 91.0 Å². The molecule has 202 valence electrons. The third-order valence-corrected chi connectivity index (χ3v) is 7.06. The molecule has 0 aromatic heterocycles. The second kappa shape index (κ2) is 12.1. The van der Waals surface area contributed by atoms with Crippen LogP contribution in [-0.4, -0.2) is 77.1 Å². The molecule has 2 saturated heterocycles. The summed E-state index contributed by atoms with van der Waals surface area (Å²) in [6.07, 6.45) is -0.663. The first kappa shape index (κ1) is 26.4. The Morgan fingerprint density at radius 1 is 0.897 bits per heavy atom. The van der Waals surface area contributed by atoms with E-state index < -0.39 is 12.2 Å². The Morgan fingerprint density at radius 3 is 2.18 bits per heavy atom. The van der Waals surface area contributed by atoms with Crippen molar-refractivity contribution in [1.82, 2.24) is 25.1 Å². The van der Waals surface area contributed by atoms with Crippen LogP contribution in [-0.2, 0) is 27.5 Å². The molecule has 3 aromatic rings. The van der Waals surface area contributed by atoms with Crippen LogP contribution in [0.4, 0.5) is 4.79 Å². The molecule has 0 spiro atoms. The fourth-order valence-corrected chi connectivity index (χ4v) is 5.15. The van der Waals surface area contributed by atoms with Crippen LogP contribution < -0.4 is 5.32 Å². The van der Waals surface area contributed by atoms with Gasteiger partial charge in [0.15, 0.2) is 0 Å². The average Bonchev–Trinajstić information content (AvgIpc) is 2.96. The molecule has 5 rings (SSSR count). The third kappa shape index (κ3) is 5.94. The predicted octanol–water partition coefficient (Wildman–Crippen LogP) is 3.01. The van der Waals surface area contributed by atoms with Crippen molar-refractivity contribution in [3.05, 3.63) is 108 Å². The minimum Gasteiger partial charge on any atom is -0.375 e. The molecule has 0 saturated carbocycles. The van der Waals surface area contributed by atoms with Gasteiger partial charge in [-0.1, -0.05) is 91.0 Å². The van der Waals surface area contributed by atoms with Crippen LogP contribution in [0.5, 0.6) is 0 Å². The van der Waals surface area contributed by atoms with Crippen molar-refractivity contribution in [2.45, 2.75) is 25.4 Å². The molecule has 9 heteroatoms. The minimum atomic E-state index is -0.829. The van der Waals surface area contributed by atoms with Crippen LogP contribution in [0.1, 0.15) is 22.7 Å². The molecule has 2 atom stereocenters. The van der Waals surface area contributed by atoms with Crippen LogP contribution >= 0.6 is 0 Å². The number of fused-ring (bicyclic) bond motifs is 1. The summed E-state index contributed by atoms with van der Waals surface area (Å²) in [7, 11) is 1.72. The highest BCUT2D eigenvalue weighted by molar-refractivity contribution is 5.92. The third-order valence-electron chi connectivity index (χ3n) is 7.06. The number of urea groups is 1. The van der Waals surface area contributed by atoms with Gasteiger partial charge in [0.1, 0.15) is 12.2 Å². The van der Waals surface area contributed by atoms with Gasteiger partial charge in [-0.05, 0) is 16.7 Å². The normalized spacial score (nSPS) is 19.7. The summed E-state index contributed by atoms with van der Waals surface area (Å²) in [5, 5.41) is 6.17. The molecule has 0 aliphatic carbocycles. The van der Waals surface area contributed by atoms with Crippen LogP contribution in [0.25, 0.3) is 0 Å². The van der Waals surface area contributed by atoms with Crippen molar-refractivity contribution in [2.24, 2.45) is 0 Å². The predicted molar refractivity (Wildman–Crippen MR) is 146 cm³/mol. The fraction of sp³-hybridized carbons (Fsp3) is 0.300. The van der Waals surface area contributed by atoms with Gasteiger partial charge in [-0.2, -0.15) is 0 Å². The lowest BCUT2D eigenvalue weighted by Gasteiger charge is -2.54. The van der Waals surface area contributed by atoms with Crippen molar-refractivity contribution in [3.63, 3.8) is 0 Å². The van der Waals surface area contributed by atoms with E-state index in [2.05, 4.69) is 5.32 Å². The number of piperazine rings is 1. The van der Waals surface area contributed by atoms with E-state index in [1.165, 1.54) is 0 Å². The first-order valence-electron chi connectivity index (χ1n) is 13.1. The maximum absolute atomic E-state index is 13.8. The number of hydrazine groups is 1. The summed E-state index contributed by atoms with van der Waals surface area (Å²) in [5.41, 5.74) is 2.73. The quantitative estimate of drug-likeness (QED) is 0.456. The van der Waals surface area contributed by atoms with Gasteiger partial charge in [0.25, 0.3) is 0 Å². The summed E-state index contributed by atoms with van der Waals surface area (Å²) < 4.78 is 5.87. The highest BCUT2D eigenvalue weighted by Gasteiger charge is 2.51. The number of hydrogen-bond donors (Lipinski definition) is 1. The molecule has 0 radical (unpaired) electrons. The molecule has 3 aromatic carbocycles. The monoisotopic (exact) mass is 527 g/mol. The molecule has 9 nitrogen and oxygen atoms in total. The number of carbonyl (C=O) groups excluding carboxylic acids is 3. The Bertz CT molecular complexity index is 1270. The van der Waals surface area contributed by atoms with E-state index in [-0.39, 0.29) is 30.9 Å². The van der Waals surface area contributed by atoms with E-state index in [1.807, 2.05) is 91.0 Å². The Hall–Kier alpha value is -4.21. The lowest BCUT2D eigenvalue weighted by molar-refractivity contribution is -0.188. The van der Waals surface area contributed by atoms with Gasteiger partial charge in [-0.15, -0.1) is 0 Å². The molecular formula is C30H33N5O4. The molecule has 2 heterocycles. The van der Waals surface area contributed by atoms with Crippen LogP contribution in [0.2, 0.25) is 0 Å². The Labute approximate surface area is 228 Å². The second-order valence-electron chi connectivity index (χ2n) is 9.72. The summed E-state index contributed by atoms with van der Waals surface area (Å²) in [6.45, 7) is 1.64. The smallest absolute Gasteiger partial charge is 0.334 e. The molecule has 0 unspecified atom stereocenters. The number of nitrogens with zero attached hydrogens (tertiary/aromatic N) is 4. The summed E-state index contributed by atoms with van der Waals surface area (Å²) in [5.74, 6) is -0.375. The van der Waals surface area contributed by atoms with Gasteiger partial charge in [-0.3, -0.25) is 9.59 Å². The largest absolute Gasteiger partial charge is 0.375 e. The number of carbonyl (C=O) groups is 3. The van der Waals surface area contributed by atoms with E-state index in [4.69, 9.17) is 4.74 Å². The van der Waals surface area contributed by atoms with Gasteiger partial charge in [0, 0.05) is 20.1 Å². The van der Waals surface area contributed by atoms with E-state index in [9.17, 15) is 14.4 Å². The lowest BCUT2D eigenvalue weighted by atomic mass is 9.99. The molecule has 39 heavy (non-hydrogen) atoms. The SMILES string of the molecule is CN1CC(=O)N2[C@@H](c3ccccc3)C(=O)N(CCOCc3ccccc3)C[C@@H]2N1C(=O)NCc1ccccc1. The molecular weight excluding hydrogens is 494 g/mol. The molecule has 2 aliphatic heterocycles. The van der Waals surface area contributed by atoms with Crippen LogP contribution in [0, 0.1) is 0 Å². The number of likely N-dealkylation sites (N-methyl/N-ethyl adjacent to an activating group) is 1. The van der Waals surface area contributed by atoms with Crippen molar-refractivity contribution >= 4 is 17.8 Å². The van der Waals surface area contributed by atoms with Crippen LogP contribution in [0.3, 0.4) is 0 Å². The standard InChI is InChI=1S/C30H33N5O4/c1-32-21-27(36)34-26(35(32)30(38)31-19-23-11-5-2-6-12-23)20-33(17-18-39-22-24-13-7-3-8-14-24)29(37)28(34)25-15-9-4-10-16-25/h2-16,26,28H,17-22H2,1H3,(H,31,38)/t26-,28-/m0/s1.